The lowest BCUT2D eigenvalue weighted by Crippen LogP contribution is -2.46. The zero-order valence-corrected chi connectivity index (χ0v) is 10.3. The number of aromatic nitrogens is 2. The zero-order valence-electron chi connectivity index (χ0n) is 10.3. The molecular formula is C14H10N2O4. The van der Waals surface area contributed by atoms with E-state index in [4.69, 9.17) is 8.83 Å². The molecule has 0 atom stereocenters. The molecule has 0 unspecified atom stereocenters. The van der Waals surface area contributed by atoms with E-state index in [1.165, 1.54) is 24.7 Å². The van der Waals surface area contributed by atoms with Crippen molar-refractivity contribution in [1.82, 2.24) is 9.97 Å². The van der Waals surface area contributed by atoms with Gasteiger partial charge in [0, 0.05) is 12.2 Å². The van der Waals surface area contributed by atoms with Crippen molar-refractivity contribution in [2.75, 3.05) is 0 Å². The van der Waals surface area contributed by atoms with Gasteiger partial charge in [0.05, 0.1) is 12.5 Å². The van der Waals surface area contributed by atoms with Gasteiger partial charge in [-0.1, -0.05) is 0 Å². The van der Waals surface area contributed by atoms with Crippen molar-refractivity contribution in [3.05, 3.63) is 79.7 Å². The lowest BCUT2D eigenvalue weighted by molar-refractivity contribution is 0.555. The minimum atomic E-state index is -0.418. The van der Waals surface area contributed by atoms with E-state index in [9.17, 15) is 9.59 Å². The van der Waals surface area contributed by atoms with Crippen LogP contribution in [0, 0.1) is 0 Å². The molecule has 0 saturated heterocycles. The first-order valence-electron chi connectivity index (χ1n) is 5.85. The van der Waals surface area contributed by atoms with Gasteiger partial charge in [-0.3, -0.25) is 9.59 Å². The molecule has 0 spiro atoms. The molecule has 0 amide bonds. The fourth-order valence-corrected chi connectivity index (χ4v) is 1.73. The Morgan fingerprint density at radius 3 is 1.60 bits per heavy atom. The van der Waals surface area contributed by atoms with Crippen molar-refractivity contribution >= 4 is 12.2 Å². The van der Waals surface area contributed by atoms with Crippen LogP contribution >= 0.6 is 0 Å². The molecule has 0 radical (unpaired) electrons. The molecule has 20 heavy (non-hydrogen) atoms. The first kappa shape index (κ1) is 12.0. The Kier molecular flexibility index (Phi) is 2.96. The van der Waals surface area contributed by atoms with Crippen molar-refractivity contribution in [2.45, 2.75) is 0 Å². The van der Waals surface area contributed by atoms with E-state index < -0.39 is 11.1 Å². The Morgan fingerprint density at radius 2 is 1.25 bits per heavy atom. The highest BCUT2D eigenvalue weighted by Gasteiger charge is 1.98. The molecule has 3 aromatic heterocycles. The molecule has 3 heterocycles. The molecule has 6 nitrogen and oxygen atoms in total. The minimum absolute atomic E-state index is 0.126. The van der Waals surface area contributed by atoms with Gasteiger partial charge < -0.3 is 18.8 Å². The number of nitrogens with one attached hydrogen (secondary N) is 2. The lowest BCUT2D eigenvalue weighted by atomic mass is 10.4. The van der Waals surface area contributed by atoms with Crippen molar-refractivity contribution in [1.29, 1.82) is 0 Å². The van der Waals surface area contributed by atoms with Crippen LogP contribution in [0.2, 0.25) is 0 Å². The summed E-state index contributed by atoms with van der Waals surface area (Å²) in [4.78, 5) is 28.8. The van der Waals surface area contributed by atoms with E-state index in [2.05, 4.69) is 9.97 Å². The molecule has 2 N–H and O–H groups in total. The summed E-state index contributed by atoms with van der Waals surface area (Å²) in [5.74, 6) is 0.961. The topological polar surface area (TPSA) is 92.0 Å². The van der Waals surface area contributed by atoms with Crippen molar-refractivity contribution < 1.29 is 8.83 Å². The number of hydrogen-bond donors (Lipinski definition) is 2. The summed E-state index contributed by atoms with van der Waals surface area (Å²) in [6.45, 7) is 0. The number of hydrogen-bond acceptors (Lipinski definition) is 4. The second-order valence-electron chi connectivity index (χ2n) is 4.06. The molecular weight excluding hydrogens is 260 g/mol. The van der Waals surface area contributed by atoms with Crippen LogP contribution in [0.4, 0.5) is 0 Å². The molecule has 0 aliphatic carbocycles. The predicted molar refractivity (Wildman–Crippen MR) is 71.5 cm³/mol. The van der Waals surface area contributed by atoms with E-state index in [-0.39, 0.29) is 10.7 Å². The first-order valence-corrected chi connectivity index (χ1v) is 5.85. The Morgan fingerprint density at radius 1 is 0.800 bits per heavy atom. The molecule has 0 aliphatic heterocycles. The van der Waals surface area contributed by atoms with Crippen molar-refractivity contribution in [3.8, 4) is 0 Å². The van der Waals surface area contributed by atoms with Crippen LogP contribution in [0.15, 0.2) is 55.2 Å². The fourth-order valence-electron chi connectivity index (χ4n) is 1.73. The van der Waals surface area contributed by atoms with Crippen LogP contribution in [0.3, 0.4) is 0 Å². The quantitative estimate of drug-likeness (QED) is 0.680. The van der Waals surface area contributed by atoms with Crippen molar-refractivity contribution in [2.24, 2.45) is 0 Å². The molecule has 3 rings (SSSR count). The Hall–Kier alpha value is -3.02. The molecule has 0 saturated carbocycles. The molecule has 6 heteroatoms. The van der Waals surface area contributed by atoms with E-state index >= 15 is 0 Å². The van der Waals surface area contributed by atoms with E-state index in [1.807, 2.05) is 0 Å². The minimum Gasteiger partial charge on any atom is -0.465 e. The van der Waals surface area contributed by atoms with Gasteiger partial charge in [-0.05, 0) is 24.3 Å². The standard InChI is InChI=1S/C14H10N2O4/c17-13-11(7-9-3-1-5-19-9)15-14(18)12(16-13)8-10-4-2-6-20-10/h1-8H,(H,15,18)(H,16,17)/b11-7-,12-8+. The van der Waals surface area contributed by atoms with Gasteiger partial charge in [0.2, 0.25) is 0 Å². The molecule has 0 fully saturated rings. The highest BCUT2D eigenvalue weighted by atomic mass is 16.3. The van der Waals surface area contributed by atoms with E-state index in [0.29, 0.717) is 11.5 Å². The SMILES string of the molecule is O=c1[nH]/c(=C/c2ccco2)c(=O)[nH]/c1=C\c1ccco1. The molecule has 3 aromatic rings. The maximum atomic E-state index is 11.9. The Balaban J connectivity index is 2.18. The number of rotatable bonds is 2. The van der Waals surface area contributed by atoms with Gasteiger partial charge >= 0.3 is 0 Å². The summed E-state index contributed by atoms with van der Waals surface area (Å²) < 4.78 is 10.2. The average molecular weight is 270 g/mol. The summed E-state index contributed by atoms with van der Waals surface area (Å²) >= 11 is 0. The summed E-state index contributed by atoms with van der Waals surface area (Å²) in [6.07, 6.45) is 5.88. The molecule has 0 aliphatic rings. The first-order chi connectivity index (χ1) is 9.72. The highest BCUT2D eigenvalue weighted by molar-refractivity contribution is 5.42. The summed E-state index contributed by atoms with van der Waals surface area (Å²) in [5.41, 5.74) is -0.836. The van der Waals surface area contributed by atoms with Gasteiger partial charge in [0.15, 0.2) is 0 Å². The maximum absolute atomic E-state index is 11.9. The number of furan rings is 2. The number of H-pyrrole nitrogens is 2. The van der Waals surface area contributed by atoms with Gasteiger partial charge in [-0.25, -0.2) is 0 Å². The third-order valence-corrected chi connectivity index (χ3v) is 2.65. The van der Waals surface area contributed by atoms with Gasteiger partial charge in [-0.15, -0.1) is 0 Å². The third-order valence-electron chi connectivity index (χ3n) is 2.65. The lowest BCUT2D eigenvalue weighted by Gasteiger charge is -1.90. The molecule has 100 valence electrons. The fraction of sp³-hybridized carbons (Fsp3) is 0. The predicted octanol–water partition coefficient (Wildman–Crippen LogP) is -0.0932. The van der Waals surface area contributed by atoms with Crippen LogP contribution in [0.5, 0.6) is 0 Å². The normalized spacial score (nSPS) is 13.0. The maximum Gasteiger partial charge on any atom is 0.272 e. The highest BCUT2D eigenvalue weighted by Crippen LogP contribution is 1.99. The average Bonchev–Trinajstić information content (AvgIpc) is 3.08. The van der Waals surface area contributed by atoms with Crippen LogP contribution in [0.1, 0.15) is 11.5 Å². The second-order valence-corrected chi connectivity index (χ2v) is 4.06. The molecule has 0 bridgehead atoms. The monoisotopic (exact) mass is 270 g/mol. The Bertz CT molecular complexity index is 848. The third kappa shape index (κ3) is 2.39. The van der Waals surface area contributed by atoms with E-state index in [1.54, 1.807) is 24.3 Å². The van der Waals surface area contributed by atoms with Gasteiger partial charge in [0.25, 0.3) is 11.1 Å². The largest absolute Gasteiger partial charge is 0.465 e. The smallest absolute Gasteiger partial charge is 0.272 e. The Labute approximate surface area is 111 Å². The van der Waals surface area contributed by atoms with Gasteiger partial charge in [-0.2, -0.15) is 0 Å². The van der Waals surface area contributed by atoms with Gasteiger partial charge in [0.1, 0.15) is 22.2 Å². The second kappa shape index (κ2) is 4.93. The summed E-state index contributed by atoms with van der Waals surface area (Å²) in [5, 5.41) is 0.253. The van der Waals surface area contributed by atoms with Crippen LogP contribution in [-0.2, 0) is 0 Å². The van der Waals surface area contributed by atoms with Crippen LogP contribution in [0.25, 0.3) is 12.2 Å². The zero-order chi connectivity index (χ0) is 13.9. The van der Waals surface area contributed by atoms with Crippen molar-refractivity contribution in [3.63, 3.8) is 0 Å². The van der Waals surface area contributed by atoms with Crippen LogP contribution in [-0.4, -0.2) is 9.97 Å². The van der Waals surface area contributed by atoms with Crippen LogP contribution < -0.4 is 21.8 Å². The molecule has 0 aromatic carbocycles. The number of aromatic amines is 2. The summed E-state index contributed by atoms with van der Waals surface area (Å²) in [7, 11) is 0. The summed E-state index contributed by atoms with van der Waals surface area (Å²) in [6, 6.07) is 6.75. The van der Waals surface area contributed by atoms with E-state index in [0.717, 1.165) is 0 Å².